The van der Waals surface area contributed by atoms with Gasteiger partial charge in [-0.3, -0.25) is 9.69 Å². The first-order valence-electron chi connectivity index (χ1n) is 5.64. The average Bonchev–Trinajstić information content (AvgIpc) is 2.69. The first kappa shape index (κ1) is 13.8. The van der Waals surface area contributed by atoms with Crippen LogP contribution in [0.2, 0.25) is 0 Å². The molecule has 0 bridgehead atoms. The third-order valence-electron chi connectivity index (χ3n) is 2.80. The molecular weight excluding hydrogens is 224 g/mol. The third kappa shape index (κ3) is 4.31. The first-order chi connectivity index (χ1) is 7.44. The SMILES string of the molecule is CN(CC(=O)NC(C)(C)CO)C1CCSC1. The van der Waals surface area contributed by atoms with Crippen LogP contribution in [0.3, 0.4) is 0 Å². The Hall–Kier alpha value is -0.260. The molecule has 1 saturated heterocycles. The van der Waals surface area contributed by atoms with E-state index >= 15 is 0 Å². The van der Waals surface area contributed by atoms with E-state index in [1.807, 2.05) is 32.7 Å². The summed E-state index contributed by atoms with van der Waals surface area (Å²) in [5.74, 6) is 2.30. The number of thioether (sulfide) groups is 1. The maximum atomic E-state index is 11.7. The first-order valence-corrected chi connectivity index (χ1v) is 6.80. The van der Waals surface area contributed by atoms with Gasteiger partial charge in [0.15, 0.2) is 0 Å². The van der Waals surface area contributed by atoms with E-state index in [1.54, 1.807) is 0 Å². The molecule has 1 heterocycles. The summed E-state index contributed by atoms with van der Waals surface area (Å²) in [6.45, 7) is 4.00. The van der Waals surface area contributed by atoms with Crippen LogP contribution in [-0.4, -0.2) is 59.2 Å². The molecule has 1 rings (SSSR count). The highest BCUT2D eigenvalue weighted by molar-refractivity contribution is 7.99. The monoisotopic (exact) mass is 246 g/mol. The van der Waals surface area contributed by atoms with Crippen LogP contribution < -0.4 is 5.32 Å². The lowest BCUT2D eigenvalue weighted by atomic mass is 10.1. The molecule has 5 heteroatoms. The Labute approximate surface area is 102 Å². The van der Waals surface area contributed by atoms with E-state index in [9.17, 15) is 4.79 Å². The van der Waals surface area contributed by atoms with Gasteiger partial charge in [0, 0.05) is 11.8 Å². The van der Waals surface area contributed by atoms with Gasteiger partial charge in [-0.2, -0.15) is 11.8 Å². The van der Waals surface area contributed by atoms with Gasteiger partial charge in [-0.15, -0.1) is 0 Å². The fourth-order valence-electron chi connectivity index (χ4n) is 1.68. The molecule has 1 atom stereocenters. The van der Waals surface area contributed by atoms with Crippen molar-refractivity contribution in [2.24, 2.45) is 0 Å². The standard InChI is InChI=1S/C11H22N2O2S/c1-11(2,8-14)12-10(15)6-13(3)9-4-5-16-7-9/h9,14H,4-8H2,1-3H3,(H,12,15). The maximum absolute atomic E-state index is 11.7. The molecule has 2 N–H and O–H groups in total. The second-order valence-electron chi connectivity index (χ2n) is 5.02. The highest BCUT2D eigenvalue weighted by Gasteiger charge is 2.24. The van der Waals surface area contributed by atoms with E-state index in [1.165, 1.54) is 5.75 Å². The lowest BCUT2D eigenvalue weighted by Crippen LogP contribution is -2.50. The Morgan fingerprint density at radius 1 is 1.62 bits per heavy atom. The zero-order valence-corrected chi connectivity index (χ0v) is 11.1. The van der Waals surface area contributed by atoms with Crippen molar-refractivity contribution in [2.45, 2.75) is 31.8 Å². The van der Waals surface area contributed by atoms with Crippen LogP contribution in [0.5, 0.6) is 0 Å². The smallest absolute Gasteiger partial charge is 0.234 e. The largest absolute Gasteiger partial charge is 0.394 e. The second kappa shape index (κ2) is 5.89. The number of hydrogen-bond donors (Lipinski definition) is 2. The zero-order chi connectivity index (χ0) is 12.2. The van der Waals surface area contributed by atoms with Gasteiger partial charge in [0.1, 0.15) is 0 Å². The topological polar surface area (TPSA) is 52.6 Å². The molecule has 0 aromatic rings. The number of aliphatic hydroxyl groups is 1. The van der Waals surface area contributed by atoms with Crippen molar-refractivity contribution >= 4 is 17.7 Å². The molecule has 1 amide bonds. The van der Waals surface area contributed by atoms with Gasteiger partial charge in [-0.1, -0.05) is 0 Å². The average molecular weight is 246 g/mol. The van der Waals surface area contributed by atoms with Crippen LogP contribution in [-0.2, 0) is 4.79 Å². The van der Waals surface area contributed by atoms with Crippen molar-refractivity contribution in [3.8, 4) is 0 Å². The van der Waals surface area contributed by atoms with Crippen molar-refractivity contribution in [1.29, 1.82) is 0 Å². The molecule has 4 nitrogen and oxygen atoms in total. The van der Waals surface area contributed by atoms with Crippen LogP contribution in [0.1, 0.15) is 20.3 Å². The van der Waals surface area contributed by atoms with Gasteiger partial charge in [0.2, 0.25) is 5.91 Å². The number of rotatable bonds is 5. The number of carbonyl (C=O) groups excluding carboxylic acids is 1. The van der Waals surface area contributed by atoms with Gasteiger partial charge < -0.3 is 10.4 Å². The van der Waals surface area contributed by atoms with Crippen LogP contribution in [0.25, 0.3) is 0 Å². The van der Waals surface area contributed by atoms with Crippen LogP contribution in [0.15, 0.2) is 0 Å². The van der Waals surface area contributed by atoms with E-state index in [-0.39, 0.29) is 12.5 Å². The number of likely N-dealkylation sites (N-methyl/N-ethyl adjacent to an activating group) is 1. The van der Waals surface area contributed by atoms with Crippen LogP contribution in [0.4, 0.5) is 0 Å². The van der Waals surface area contributed by atoms with Gasteiger partial charge in [0.25, 0.3) is 0 Å². The molecular formula is C11H22N2O2S. The minimum absolute atomic E-state index is 0.0153. The van der Waals surface area contributed by atoms with Crippen LogP contribution >= 0.6 is 11.8 Å². The number of hydrogen-bond acceptors (Lipinski definition) is 4. The van der Waals surface area contributed by atoms with Crippen molar-refractivity contribution in [3.63, 3.8) is 0 Å². The molecule has 1 fully saturated rings. The summed E-state index contributed by atoms with van der Waals surface area (Å²) >= 11 is 1.94. The normalized spacial score (nSPS) is 21.4. The van der Waals surface area contributed by atoms with Gasteiger partial charge in [0.05, 0.1) is 18.7 Å². The molecule has 0 radical (unpaired) electrons. The second-order valence-corrected chi connectivity index (χ2v) is 6.17. The summed E-state index contributed by atoms with van der Waals surface area (Å²) in [4.78, 5) is 13.8. The molecule has 0 spiro atoms. The number of amides is 1. The Bertz CT molecular complexity index is 240. The summed E-state index contributed by atoms with van der Waals surface area (Å²) in [7, 11) is 1.99. The quantitative estimate of drug-likeness (QED) is 0.733. The lowest BCUT2D eigenvalue weighted by molar-refractivity contribution is -0.124. The summed E-state index contributed by atoms with van der Waals surface area (Å²) < 4.78 is 0. The fourth-order valence-corrected chi connectivity index (χ4v) is 2.98. The molecule has 1 aliphatic heterocycles. The zero-order valence-electron chi connectivity index (χ0n) is 10.3. The Kier molecular flexibility index (Phi) is 5.08. The molecule has 0 aromatic heterocycles. The van der Waals surface area contributed by atoms with Crippen molar-refractivity contribution < 1.29 is 9.90 Å². The number of nitrogens with zero attached hydrogens (tertiary/aromatic N) is 1. The van der Waals surface area contributed by atoms with Crippen LogP contribution in [0, 0.1) is 0 Å². The molecule has 0 saturated carbocycles. The molecule has 0 aliphatic carbocycles. The number of nitrogens with one attached hydrogen (secondary N) is 1. The Morgan fingerprint density at radius 2 is 2.31 bits per heavy atom. The highest BCUT2D eigenvalue weighted by atomic mass is 32.2. The van der Waals surface area contributed by atoms with Crippen molar-refractivity contribution in [1.82, 2.24) is 10.2 Å². The van der Waals surface area contributed by atoms with Crippen molar-refractivity contribution in [3.05, 3.63) is 0 Å². The minimum Gasteiger partial charge on any atom is -0.394 e. The fraction of sp³-hybridized carbons (Fsp3) is 0.909. The van der Waals surface area contributed by atoms with E-state index in [2.05, 4.69) is 10.2 Å². The summed E-state index contributed by atoms with van der Waals surface area (Å²) in [5.41, 5.74) is -0.525. The molecule has 1 unspecified atom stereocenters. The van der Waals surface area contributed by atoms with E-state index in [0.717, 1.165) is 12.2 Å². The van der Waals surface area contributed by atoms with E-state index in [4.69, 9.17) is 5.11 Å². The number of aliphatic hydroxyl groups excluding tert-OH is 1. The summed E-state index contributed by atoms with van der Waals surface area (Å²) in [6.07, 6.45) is 1.16. The predicted octanol–water partition coefficient (Wildman–Crippen LogP) is 0.311. The molecule has 94 valence electrons. The summed E-state index contributed by atoms with van der Waals surface area (Å²) in [5, 5.41) is 11.9. The molecule has 0 aromatic carbocycles. The van der Waals surface area contributed by atoms with Crippen molar-refractivity contribution in [2.75, 3.05) is 31.7 Å². The third-order valence-corrected chi connectivity index (χ3v) is 3.94. The predicted molar refractivity (Wildman–Crippen MR) is 67.7 cm³/mol. The maximum Gasteiger partial charge on any atom is 0.234 e. The Balaban J connectivity index is 2.33. The van der Waals surface area contributed by atoms with E-state index in [0.29, 0.717) is 12.6 Å². The van der Waals surface area contributed by atoms with E-state index < -0.39 is 5.54 Å². The van der Waals surface area contributed by atoms with Gasteiger partial charge in [-0.25, -0.2) is 0 Å². The molecule has 1 aliphatic rings. The number of carbonyl (C=O) groups is 1. The summed E-state index contributed by atoms with van der Waals surface area (Å²) in [6, 6.07) is 0.521. The minimum atomic E-state index is -0.525. The molecule has 16 heavy (non-hydrogen) atoms. The Morgan fingerprint density at radius 3 is 2.81 bits per heavy atom. The highest BCUT2D eigenvalue weighted by Crippen LogP contribution is 2.20. The lowest BCUT2D eigenvalue weighted by Gasteiger charge is -2.27. The van der Waals surface area contributed by atoms with Gasteiger partial charge in [-0.05, 0) is 33.1 Å². The van der Waals surface area contributed by atoms with Gasteiger partial charge >= 0.3 is 0 Å².